The van der Waals surface area contributed by atoms with Crippen molar-refractivity contribution in [2.75, 3.05) is 13.1 Å². The zero-order chi connectivity index (χ0) is 12.3. The van der Waals surface area contributed by atoms with Crippen LogP contribution in [0.2, 0.25) is 0 Å². The fraction of sp³-hybridized carbons (Fsp3) is 0.538. The van der Waals surface area contributed by atoms with Gasteiger partial charge in [-0.1, -0.05) is 6.92 Å². The number of aromatic carboxylic acids is 1. The Morgan fingerprint density at radius 3 is 2.88 bits per heavy atom. The fourth-order valence-corrected chi connectivity index (χ4v) is 2.19. The molecule has 0 radical (unpaired) electrons. The topological polar surface area (TPSA) is 53.4 Å². The second-order valence-corrected chi connectivity index (χ2v) is 4.76. The van der Waals surface area contributed by atoms with Crippen LogP contribution in [0, 0.1) is 5.92 Å². The second-order valence-electron chi connectivity index (χ2n) is 4.76. The summed E-state index contributed by atoms with van der Waals surface area (Å²) in [5, 5.41) is 9.08. The normalized spacial score (nSPS) is 18.2. The number of carboxylic acids is 1. The molecule has 1 saturated heterocycles. The Morgan fingerprint density at radius 2 is 2.24 bits per heavy atom. The van der Waals surface area contributed by atoms with Crippen molar-refractivity contribution in [3.8, 4) is 0 Å². The van der Waals surface area contributed by atoms with E-state index in [2.05, 4.69) is 16.8 Å². The fourth-order valence-electron chi connectivity index (χ4n) is 2.19. The Kier molecular flexibility index (Phi) is 3.74. The minimum absolute atomic E-state index is 0.325. The lowest BCUT2D eigenvalue weighted by Gasteiger charge is -2.30. The van der Waals surface area contributed by atoms with E-state index in [0.29, 0.717) is 17.8 Å². The summed E-state index contributed by atoms with van der Waals surface area (Å²) in [6.07, 6.45) is 4.04. The highest BCUT2D eigenvalue weighted by atomic mass is 16.4. The predicted octanol–water partition coefficient (Wildman–Crippen LogP) is 2.01. The molecule has 0 bridgehead atoms. The molecule has 4 nitrogen and oxygen atoms in total. The van der Waals surface area contributed by atoms with E-state index in [9.17, 15) is 4.79 Å². The number of likely N-dealkylation sites (tertiary alicyclic amines) is 1. The van der Waals surface area contributed by atoms with Gasteiger partial charge in [-0.05, 0) is 44.0 Å². The number of carbonyl (C=O) groups is 1. The Hall–Kier alpha value is -1.42. The lowest BCUT2D eigenvalue weighted by molar-refractivity contribution is 0.0693. The molecule has 0 saturated carbocycles. The van der Waals surface area contributed by atoms with Crippen LogP contribution in [0.5, 0.6) is 0 Å². The number of nitrogens with zero attached hydrogens (tertiary/aromatic N) is 2. The Labute approximate surface area is 101 Å². The smallest absolute Gasteiger partial charge is 0.337 e. The van der Waals surface area contributed by atoms with Gasteiger partial charge in [0.2, 0.25) is 0 Å². The monoisotopic (exact) mass is 234 g/mol. The average molecular weight is 234 g/mol. The van der Waals surface area contributed by atoms with Crippen LogP contribution in [0.3, 0.4) is 0 Å². The Balaban J connectivity index is 2.05. The van der Waals surface area contributed by atoms with E-state index in [1.54, 1.807) is 18.3 Å². The van der Waals surface area contributed by atoms with E-state index >= 15 is 0 Å². The van der Waals surface area contributed by atoms with Crippen LogP contribution in [-0.4, -0.2) is 34.0 Å². The van der Waals surface area contributed by atoms with Crippen LogP contribution in [0.15, 0.2) is 18.3 Å². The van der Waals surface area contributed by atoms with Gasteiger partial charge in [-0.15, -0.1) is 0 Å². The maximum absolute atomic E-state index is 11.1. The van der Waals surface area contributed by atoms with Crippen molar-refractivity contribution in [2.45, 2.75) is 26.3 Å². The third-order valence-electron chi connectivity index (χ3n) is 3.37. The van der Waals surface area contributed by atoms with E-state index in [-0.39, 0.29) is 0 Å². The summed E-state index contributed by atoms with van der Waals surface area (Å²) in [5.41, 5.74) is 1.00. The molecule has 0 atom stereocenters. The van der Waals surface area contributed by atoms with E-state index < -0.39 is 5.97 Å². The molecule has 1 fully saturated rings. The summed E-state index contributed by atoms with van der Waals surface area (Å²) < 4.78 is 0. The number of hydrogen-bond donors (Lipinski definition) is 1. The molecule has 1 aromatic rings. The molecule has 1 N–H and O–H groups in total. The standard InChI is InChI=1S/C13H18N2O2/c1-10-4-7-15(8-5-10)9-12-11(13(16)17)3-2-6-14-12/h2-3,6,10H,4-5,7-9H2,1H3,(H,16,17). The Morgan fingerprint density at radius 1 is 1.53 bits per heavy atom. The lowest BCUT2D eigenvalue weighted by atomic mass is 9.99. The number of carboxylic acid groups (broad SMARTS) is 1. The average Bonchev–Trinajstić information content (AvgIpc) is 2.32. The van der Waals surface area contributed by atoms with Crippen molar-refractivity contribution in [3.63, 3.8) is 0 Å². The van der Waals surface area contributed by atoms with E-state index in [0.717, 1.165) is 19.0 Å². The second kappa shape index (κ2) is 5.27. The van der Waals surface area contributed by atoms with Gasteiger partial charge in [0.1, 0.15) is 0 Å². The quantitative estimate of drug-likeness (QED) is 0.869. The molecule has 92 valence electrons. The summed E-state index contributed by atoms with van der Waals surface area (Å²) in [4.78, 5) is 17.5. The van der Waals surface area contributed by atoms with E-state index in [4.69, 9.17) is 5.11 Å². The molecule has 4 heteroatoms. The molecular weight excluding hydrogens is 216 g/mol. The first kappa shape index (κ1) is 12.0. The molecule has 17 heavy (non-hydrogen) atoms. The zero-order valence-corrected chi connectivity index (χ0v) is 10.1. The number of pyridine rings is 1. The van der Waals surface area contributed by atoms with Crippen LogP contribution in [0.1, 0.15) is 35.8 Å². The molecule has 0 aromatic carbocycles. The van der Waals surface area contributed by atoms with Crippen LogP contribution < -0.4 is 0 Å². The number of piperidine rings is 1. The largest absolute Gasteiger partial charge is 0.478 e. The highest BCUT2D eigenvalue weighted by Gasteiger charge is 2.18. The van der Waals surface area contributed by atoms with Crippen molar-refractivity contribution >= 4 is 5.97 Å². The van der Waals surface area contributed by atoms with Gasteiger partial charge >= 0.3 is 5.97 Å². The van der Waals surface area contributed by atoms with Crippen molar-refractivity contribution in [1.29, 1.82) is 0 Å². The number of hydrogen-bond acceptors (Lipinski definition) is 3. The van der Waals surface area contributed by atoms with Gasteiger partial charge in [-0.25, -0.2) is 4.79 Å². The molecule has 1 aromatic heterocycles. The van der Waals surface area contributed by atoms with Crippen molar-refractivity contribution in [1.82, 2.24) is 9.88 Å². The molecule has 1 aliphatic heterocycles. The van der Waals surface area contributed by atoms with Crippen molar-refractivity contribution in [2.24, 2.45) is 5.92 Å². The molecular formula is C13H18N2O2. The number of rotatable bonds is 3. The van der Waals surface area contributed by atoms with Gasteiger partial charge < -0.3 is 5.11 Å². The molecule has 2 rings (SSSR count). The molecule has 0 spiro atoms. The van der Waals surface area contributed by atoms with Crippen molar-refractivity contribution in [3.05, 3.63) is 29.6 Å². The third kappa shape index (κ3) is 3.03. The summed E-state index contributed by atoms with van der Waals surface area (Å²) >= 11 is 0. The minimum atomic E-state index is -0.890. The van der Waals surface area contributed by atoms with Crippen molar-refractivity contribution < 1.29 is 9.90 Å². The molecule has 1 aliphatic rings. The molecule has 0 aliphatic carbocycles. The van der Waals surface area contributed by atoms with Gasteiger partial charge in [0.25, 0.3) is 0 Å². The van der Waals surface area contributed by atoms with E-state index in [1.165, 1.54) is 12.8 Å². The van der Waals surface area contributed by atoms with Crippen LogP contribution in [0.25, 0.3) is 0 Å². The first-order chi connectivity index (χ1) is 8.16. The molecule has 0 unspecified atom stereocenters. The van der Waals surface area contributed by atoms with Gasteiger partial charge in [-0.3, -0.25) is 9.88 Å². The molecule has 2 heterocycles. The number of aromatic nitrogens is 1. The minimum Gasteiger partial charge on any atom is -0.478 e. The van der Waals surface area contributed by atoms with Gasteiger partial charge in [0, 0.05) is 12.7 Å². The first-order valence-corrected chi connectivity index (χ1v) is 6.06. The zero-order valence-electron chi connectivity index (χ0n) is 10.1. The third-order valence-corrected chi connectivity index (χ3v) is 3.37. The Bertz CT molecular complexity index is 398. The van der Waals surface area contributed by atoms with Gasteiger partial charge in [0.05, 0.1) is 11.3 Å². The highest BCUT2D eigenvalue weighted by molar-refractivity contribution is 5.88. The SMILES string of the molecule is CC1CCN(Cc2ncccc2C(=O)O)CC1. The van der Waals surface area contributed by atoms with Crippen LogP contribution in [0.4, 0.5) is 0 Å². The van der Waals surface area contributed by atoms with E-state index in [1.807, 2.05) is 0 Å². The lowest BCUT2D eigenvalue weighted by Crippen LogP contribution is -2.33. The summed E-state index contributed by atoms with van der Waals surface area (Å²) in [7, 11) is 0. The maximum atomic E-state index is 11.1. The van der Waals surface area contributed by atoms with Gasteiger partial charge in [0.15, 0.2) is 0 Å². The summed E-state index contributed by atoms with van der Waals surface area (Å²) in [6.45, 7) is 4.99. The summed E-state index contributed by atoms with van der Waals surface area (Å²) in [6, 6.07) is 3.29. The van der Waals surface area contributed by atoms with Crippen LogP contribution in [-0.2, 0) is 6.54 Å². The first-order valence-electron chi connectivity index (χ1n) is 6.06. The molecule has 0 amide bonds. The summed E-state index contributed by atoms with van der Waals surface area (Å²) in [5.74, 6) is -0.104. The van der Waals surface area contributed by atoms with Gasteiger partial charge in [-0.2, -0.15) is 0 Å². The highest BCUT2D eigenvalue weighted by Crippen LogP contribution is 2.18. The maximum Gasteiger partial charge on any atom is 0.337 e. The predicted molar refractivity (Wildman–Crippen MR) is 64.9 cm³/mol. The van der Waals surface area contributed by atoms with Crippen LogP contribution >= 0.6 is 0 Å².